The maximum Gasteiger partial charge on any atom is 0.291 e. The first kappa shape index (κ1) is 11.4. The molecule has 0 fully saturated rings. The fraction of sp³-hybridized carbons (Fsp3) is 0.833. The Balaban J connectivity index is 4.37. The van der Waals surface area contributed by atoms with Crippen molar-refractivity contribution in [2.24, 2.45) is 0 Å². The molecule has 0 aliphatic heterocycles. The number of alkyl halides is 1. The molecule has 0 aliphatic rings. The molecule has 72 valence electrons. The molecule has 6 heteroatoms. The lowest BCUT2D eigenvalue weighted by atomic mass is 10.0. The topological polar surface area (TPSA) is 98.0 Å². The number of halogens is 1. The third-order valence-electron chi connectivity index (χ3n) is 1.40. The molecular weight excluding hydrogens is 171 g/mol. The molecular formula is C6H11FO5. The van der Waals surface area contributed by atoms with Crippen molar-refractivity contribution in [2.45, 2.75) is 31.1 Å². The van der Waals surface area contributed by atoms with E-state index in [1.165, 1.54) is 0 Å². The number of carbonyl (C=O) groups excluding carboxylic acids is 1. The number of rotatable bonds is 4. The van der Waals surface area contributed by atoms with Crippen molar-refractivity contribution in [3.63, 3.8) is 0 Å². The monoisotopic (exact) mass is 182 g/mol. The van der Waals surface area contributed by atoms with Crippen molar-refractivity contribution < 1.29 is 29.6 Å². The van der Waals surface area contributed by atoms with Crippen molar-refractivity contribution >= 4 is 6.29 Å². The van der Waals surface area contributed by atoms with Gasteiger partial charge in [-0.25, -0.2) is 4.39 Å². The minimum atomic E-state index is -3.53. The summed E-state index contributed by atoms with van der Waals surface area (Å²) in [6.07, 6.45) is -6.26. The molecule has 0 saturated carbocycles. The molecule has 0 radical (unpaired) electrons. The highest BCUT2D eigenvalue weighted by Gasteiger charge is 2.41. The molecule has 0 rings (SSSR count). The molecule has 0 amide bonds. The number of aliphatic hydroxyl groups is 4. The minimum Gasteiger partial charge on any atom is -0.391 e. The van der Waals surface area contributed by atoms with Crippen LogP contribution in [0.1, 0.15) is 6.92 Å². The van der Waals surface area contributed by atoms with Gasteiger partial charge >= 0.3 is 0 Å². The first-order chi connectivity index (χ1) is 5.33. The number of aliphatic hydroxyl groups excluding tert-OH is 3. The summed E-state index contributed by atoms with van der Waals surface area (Å²) in [6, 6.07) is 0. The summed E-state index contributed by atoms with van der Waals surface area (Å²) in [5.74, 6) is -3.53. The van der Waals surface area contributed by atoms with E-state index in [0.29, 0.717) is 0 Å². The summed E-state index contributed by atoms with van der Waals surface area (Å²) in [6.45, 7) is 1.08. The summed E-state index contributed by atoms with van der Waals surface area (Å²) in [4.78, 5) is 9.82. The first-order valence-electron chi connectivity index (χ1n) is 3.24. The highest BCUT2D eigenvalue weighted by molar-refractivity contribution is 5.60. The zero-order chi connectivity index (χ0) is 9.94. The van der Waals surface area contributed by atoms with Crippen LogP contribution < -0.4 is 0 Å². The summed E-state index contributed by atoms with van der Waals surface area (Å²) >= 11 is 0. The lowest BCUT2D eigenvalue weighted by molar-refractivity contribution is -0.201. The number of carbonyl (C=O) groups is 1. The quantitative estimate of drug-likeness (QED) is 0.375. The smallest absolute Gasteiger partial charge is 0.291 e. The Morgan fingerprint density at radius 1 is 1.42 bits per heavy atom. The van der Waals surface area contributed by atoms with Crippen LogP contribution in [0.5, 0.6) is 0 Å². The van der Waals surface area contributed by atoms with Gasteiger partial charge < -0.3 is 20.4 Å². The van der Waals surface area contributed by atoms with Gasteiger partial charge in [-0.1, -0.05) is 0 Å². The summed E-state index contributed by atoms with van der Waals surface area (Å²) < 4.78 is 12.5. The molecule has 5 nitrogen and oxygen atoms in total. The van der Waals surface area contributed by atoms with Crippen molar-refractivity contribution in [1.29, 1.82) is 0 Å². The normalized spacial score (nSPS) is 23.8. The van der Waals surface area contributed by atoms with Gasteiger partial charge in [-0.2, -0.15) is 0 Å². The van der Waals surface area contributed by atoms with Crippen LogP contribution in [0.15, 0.2) is 0 Å². The summed E-state index contributed by atoms with van der Waals surface area (Å²) in [7, 11) is 0. The van der Waals surface area contributed by atoms with E-state index in [-0.39, 0.29) is 0 Å². The number of aldehydes is 1. The van der Waals surface area contributed by atoms with Crippen LogP contribution in [-0.2, 0) is 4.79 Å². The van der Waals surface area contributed by atoms with E-state index in [0.717, 1.165) is 6.92 Å². The van der Waals surface area contributed by atoms with Crippen LogP contribution in [0, 0.1) is 0 Å². The summed E-state index contributed by atoms with van der Waals surface area (Å²) in [5, 5.41) is 34.7. The molecule has 4 atom stereocenters. The van der Waals surface area contributed by atoms with Crippen molar-refractivity contribution in [3.8, 4) is 0 Å². The molecule has 0 aromatic heterocycles. The van der Waals surface area contributed by atoms with E-state index in [1.54, 1.807) is 0 Å². The van der Waals surface area contributed by atoms with Gasteiger partial charge in [0.1, 0.15) is 12.2 Å². The van der Waals surface area contributed by atoms with Gasteiger partial charge in [0.05, 0.1) is 6.10 Å². The largest absolute Gasteiger partial charge is 0.391 e. The SMILES string of the molecule is C[C@@H](O)[C@@H](O)[C@H](O)[C@](O)(F)C=O. The van der Waals surface area contributed by atoms with Crippen molar-refractivity contribution in [1.82, 2.24) is 0 Å². The maximum atomic E-state index is 12.5. The number of hydrogen-bond acceptors (Lipinski definition) is 5. The van der Waals surface area contributed by atoms with E-state index in [9.17, 15) is 9.18 Å². The third kappa shape index (κ3) is 2.49. The van der Waals surface area contributed by atoms with E-state index in [2.05, 4.69) is 0 Å². The average Bonchev–Trinajstić information content (AvgIpc) is 2.01. The highest BCUT2D eigenvalue weighted by Crippen LogP contribution is 2.14. The van der Waals surface area contributed by atoms with Crippen LogP contribution in [0.4, 0.5) is 4.39 Å². The fourth-order valence-electron chi connectivity index (χ4n) is 0.573. The molecule has 12 heavy (non-hydrogen) atoms. The van der Waals surface area contributed by atoms with Crippen LogP contribution in [0.3, 0.4) is 0 Å². The Labute approximate surface area is 68.1 Å². The predicted octanol–water partition coefficient (Wildman–Crippen LogP) is -2.05. The summed E-state index contributed by atoms with van der Waals surface area (Å²) in [5.41, 5.74) is 0. The molecule has 0 aromatic rings. The van der Waals surface area contributed by atoms with Gasteiger partial charge in [0.25, 0.3) is 5.85 Å². The average molecular weight is 182 g/mol. The van der Waals surface area contributed by atoms with Crippen LogP contribution in [0.25, 0.3) is 0 Å². The fourth-order valence-corrected chi connectivity index (χ4v) is 0.573. The van der Waals surface area contributed by atoms with Gasteiger partial charge in [-0.05, 0) is 6.92 Å². The van der Waals surface area contributed by atoms with E-state index in [4.69, 9.17) is 20.4 Å². The van der Waals surface area contributed by atoms with E-state index < -0.39 is 30.5 Å². The second kappa shape index (κ2) is 3.90. The highest BCUT2D eigenvalue weighted by atomic mass is 19.2. The Bertz CT molecular complexity index is 158. The van der Waals surface area contributed by atoms with Crippen molar-refractivity contribution in [2.75, 3.05) is 0 Å². The van der Waals surface area contributed by atoms with Crippen LogP contribution in [-0.4, -0.2) is 50.9 Å². The minimum absolute atomic E-state index is 0.552. The molecule has 0 bridgehead atoms. The Kier molecular flexibility index (Phi) is 3.72. The molecule has 0 aliphatic carbocycles. The maximum absolute atomic E-state index is 12.5. The lowest BCUT2D eigenvalue weighted by Crippen LogP contribution is -2.50. The van der Waals surface area contributed by atoms with Gasteiger partial charge in [0.15, 0.2) is 6.29 Å². The van der Waals surface area contributed by atoms with Gasteiger partial charge in [0.2, 0.25) is 0 Å². The molecule has 0 aromatic carbocycles. The Morgan fingerprint density at radius 3 is 2.08 bits per heavy atom. The predicted molar refractivity (Wildman–Crippen MR) is 35.8 cm³/mol. The second-order valence-corrected chi connectivity index (χ2v) is 2.52. The van der Waals surface area contributed by atoms with Crippen LogP contribution in [0.2, 0.25) is 0 Å². The molecule has 0 unspecified atom stereocenters. The molecule has 4 N–H and O–H groups in total. The second-order valence-electron chi connectivity index (χ2n) is 2.52. The van der Waals surface area contributed by atoms with Gasteiger partial charge in [0, 0.05) is 0 Å². The van der Waals surface area contributed by atoms with Crippen molar-refractivity contribution in [3.05, 3.63) is 0 Å². The van der Waals surface area contributed by atoms with E-state index in [1.807, 2.05) is 0 Å². The molecule has 0 heterocycles. The Hall–Kier alpha value is -0.560. The van der Waals surface area contributed by atoms with Gasteiger partial charge in [-0.3, -0.25) is 4.79 Å². The number of hydrogen-bond donors (Lipinski definition) is 4. The van der Waals surface area contributed by atoms with E-state index >= 15 is 0 Å². The van der Waals surface area contributed by atoms with Crippen LogP contribution >= 0.6 is 0 Å². The Morgan fingerprint density at radius 2 is 1.83 bits per heavy atom. The standard InChI is InChI=1S/C6H11FO5/c1-3(9)4(10)5(11)6(7,12)2-8/h2-5,9-12H,1H3/t3-,4-,5+,6+/m1/s1. The lowest BCUT2D eigenvalue weighted by Gasteiger charge is -2.25. The molecule has 0 saturated heterocycles. The van der Waals surface area contributed by atoms with Gasteiger partial charge in [-0.15, -0.1) is 0 Å². The third-order valence-corrected chi connectivity index (χ3v) is 1.40. The zero-order valence-electron chi connectivity index (χ0n) is 6.38. The first-order valence-corrected chi connectivity index (χ1v) is 3.24. The molecule has 0 spiro atoms. The zero-order valence-corrected chi connectivity index (χ0v) is 6.38.